The van der Waals surface area contributed by atoms with E-state index in [-0.39, 0.29) is 6.10 Å². The molecular formula is C10H14O. The van der Waals surface area contributed by atoms with E-state index in [1.165, 1.54) is 11.1 Å². The summed E-state index contributed by atoms with van der Waals surface area (Å²) in [5, 5.41) is 9.33. The van der Waals surface area contributed by atoms with E-state index < -0.39 is 0 Å². The third kappa shape index (κ3) is 1.60. The van der Waals surface area contributed by atoms with Crippen molar-refractivity contribution in [1.29, 1.82) is 0 Å². The molecule has 0 saturated carbocycles. The maximum Gasteiger partial charge on any atom is 0.0764 e. The van der Waals surface area contributed by atoms with Gasteiger partial charge in [-0.05, 0) is 37.5 Å². The molecule has 1 N–H and O–H groups in total. The zero-order valence-corrected chi connectivity index (χ0v) is 7.26. The summed E-state index contributed by atoms with van der Waals surface area (Å²) in [5.74, 6) is 0. The molecule has 0 aliphatic carbocycles. The molecule has 0 bridgehead atoms. The summed E-state index contributed by atoms with van der Waals surface area (Å²) < 4.78 is 0. The second-order valence-corrected chi connectivity index (χ2v) is 2.97. The molecule has 1 aromatic carbocycles. The van der Waals surface area contributed by atoms with Crippen LogP contribution in [0.15, 0.2) is 18.2 Å². The predicted molar refractivity (Wildman–Crippen MR) is 46.5 cm³/mol. The summed E-state index contributed by atoms with van der Waals surface area (Å²) in [7, 11) is 0. The van der Waals surface area contributed by atoms with Crippen molar-refractivity contribution >= 4 is 0 Å². The van der Waals surface area contributed by atoms with Gasteiger partial charge in [0.1, 0.15) is 0 Å². The first-order valence-corrected chi connectivity index (χ1v) is 3.87. The standard InChI is InChI=1S/C10H14O/c1-7-5-4-6-10(8(7)2)9(3)11/h4-6,9,11H,1-3H3/t9-/m0/s1. The Kier molecular flexibility index (Phi) is 2.30. The summed E-state index contributed by atoms with van der Waals surface area (Å²) in [5.41, 5.74) is 3.47. The average molecular weight is 150 g/mol. The fourth-order valence-corrected chi connectivity index (χ4v) is 1.23. The minimum atomic E-state index is -0.352. The van der Waals surface area contributed by atoms with Gasteiger partial charge < -0.3 is 5.11 Å². The molecule has 60 valence electrons. The molecule has 0 aromatic heterocycles. The third-order valence-corrected chi connectivity index (χ3v) is 2.10. The Morgan fingerprint density at radius 3 is 2.36 bits per heavy atom. The van der Waals surface area contributed by atoms with Gasteiger partial charge in [-0.1, -0.05) is 18.2 Å². The summed E-state index contributed by atoms with van der Waals surface area (Å²) in [6.45, 7) is 5.89. The lowest BCUT2D eigenvalue weighted by Gasteiger charge is -2.10. The third-order valence-electron chi connectivity index (χ3n) is 2.10. The number of hydrogen-bond acceptors (Lipinski definition) is 1. The van der Waals surface area contributed by atoms with Crippen LogP contribution in [0.2, 0.25) is 0 Å². The van der Waals surface area contributed by atoms with Crippen molar-refractivity contribution in [2.75, 3.05) is 0 Å². The van der Waals surface area contributed by atoms with Crippen LogP contribution in [0.4, 0.5) is 0 Å². The highest BCUT2D eigenvalue weighted by molar-refractivity contribution is 5.34. The van der Waals surface area contributed by atoms with E-state index in [2.05, 4.69) is 13.0 Å². The first-order valence-electron chi connectivity index (χ1n) is 3.87. The normalized spacial score (nSPS) is 13.1. The van der Waals surface area contributed by atoms with E-state index >= 15 is 0 Å². The molecule has 1 nitrogen and oxygen atoms in total. The van der Waals surface area contributed by atoms with Crippen LogP contribution in [0.5, 0.6) is 0 Å². The van der Waals surface area contributed by atoms with E-state index in [1.807, 2.05) is 19.1 Å². The van der Waals surface area contributed by atoms with Gasteiger partial charge in [0, 0.05) is 0 Å². The van der Waals surface area contributed by atoms with Crippen LogP contribution < -0.4 is 0 Å². The van der Waals surface area contributed by atoms with Gasteiger partial charge in [0.15, 0.2) is 0 Å². The van der Waals surface area contributed by atoms with Gasteiger partial charge in [-0.2, -0.15) is 0 Å². The molecule has 11 heavy (non-hydrogen) atoms. The summed E-state index contributed by atoms with van der Waals surface area (Å²) >= 11 is 0. The van der Waals surface area contributed by atoms with Crippen LogP contribution >= 0.6 is 0 Å². The Morgan fingerprint density at radius 1 is 1.27 bits per heavy atom. The van der Waals surface area contributed by atoms with Crippen LogP contribution in [0.25, 0.3) is 0 Å². The molecular weight excluding hydrogens is 136 g/mol. The van der Waals surface area contributed by atoms with Gasteiger partial charge in [-0.25, -0.2) is 0 Å². The Morgan fingerprint density at radius 2 is 1.91 bits per heavy atom. The highest BCUT2D eigenvalue weighted by Crippen LogP contribution is 2.19. The van der Waals surface area contributed by atoms with E-state index in [9.17, 15) is 5.11 Å². The van der Waals surface area contributed by atoms with E-state index in [4.69, 9.17) is 0 Å². The van der Waals surface area contributed by atoms with Crippen molar-refractivity contribution in [3.63, 3.8) is 0 Å². The molecule has 0 spiro atoms. The van der Waals surface area contributed by atoms with Crippen molar-refractivity contribution in [2.45, 2.75) is 26.9 Å². The number of hydrogen-bond donors (Lipinski definition) is 1. The SMILES string of the molecule is Cc1cccc([C@H](C)O)c1C. The van der Waals surface area contributed by atoms with Crippen LogP contribution in [0, 0.1) is 13.8 Å². The number of aryl methyl sites for hydroxylation is 1. The van der Waals surface area contributed by atoms with Crippen molar-refractivity contribution in [2.24, 2.45) is 0 Å². The first kappa shape index (κ1) is 8.28. The Balaban J connectivity index is 3.17. The monoisotopic (exact) mass is 150 g/mol. The maximum atomic E-state index is 9.33. The van der Waals surface area contributed by atoms with Crippen LogP contribution in [-0.2, 0) is 0 Å². The predicted octanol–water partition coefficient (Wildman–Crippen LogP) is 2.36. The summed E-state index contributed by atoms with van der Waals surface area (Å²) in [4.78, 5) is 0. The quantitative estimate of drug-likeness (QED) is 0.651. The zero-order chi connectivity index (χ0) is 8.43. The molecule has 1 atom stereocenters. The van der Waals surface area contributed by atoms with Gasteiger partial charge in [-0.3, -0.25) is 0 Å². The van der Waals surface area contributed by atoms with Gasteiger partial charge >= 0.3 is 0 Å². The Hall–Kier alpha value is -0.820. The molecule has 0 aliphatic rings. The second-order valence-electron chi connectivity index (χ2n) is 2.97. The maximum absolute atomic E-state index is 9.33. The van der Waals surface area contributed by atoms with E-state index in [0.717, 1.165) is 5.56 Å². The van der Waals surface area contributed by atoms with Crippen molar-refractivity contribution in [3.05, 3.63) is 34.9 Å². The molecule has 0 radical (unpaired) electrons. The van der Waals surface area contributed by atoms with E-state index in [1.54, 1.807) is 6.92 Å². The lowest BCUT2D eigenvalue weighted by atomic mass is 10.0. The fraction of sp³-hybridized carbons (Fsp3) is 0.400. The highest BCUT2D eigenvalue weighted by atomic mass is 16.3. The lowest BCUT2D eigenvalue weighted by molar-refractivity contribution is 0.198. The Labute approximate surface area is 67.7 Å². The van der Waals surface area contributed by atoms with Crippen molar-refractivity contribution in [1.82, 2.24) is 0 Å². The number of benzene rings is 1. The molecule has 0 heterocycles. The number of aliphatic hydroxyl groups excluding tert-OH is 1. The molecule has 0 unspecified atom stereocenters. The van der Waals surface area contributed by atoms with Crippen molar-refractivity contribution in [3.8, 4) is 0 Å². The van der Waals surface area contributed by atoms with Crippen LogP contribution in [0.3, 0.4) is 0 Å². The topological polar surface area (TPSA) is 20.2 Å². The minimum absolute atomic E-state index is 0.352. The summed E-state index contributed by atoms with van der Waals surface area (Å²) in [6, 6.07) is 6.00. The Bertz CT molecular complexity index is 251. The highest BCUT2D eigenvalue weighted by Gasteiger charge is 2.04. The van der Waals surface area contributed by atoms with Gasteiger partial charge in [0.25, 0.3) is 0 Å². The molecule has 0 saturated heterocycles. The molecule has 0 amide bonds. The largest absolute Gasteiger partial charge is 0.389 e. The average Bonchev–Trinajstić information content (AvgIpc) is 1.94. The molecule has 0 aliphatic heterocycles. The fourth-order valence-electron chi connectivity index (χ4n) is 1.23. The van der Waals surface area contributed by atoms with Gasteiger partial charge in [0.2, 0.25) is 0 Å². The second kappa shape index (κ2) is 3.05. The van der Waals surface area contributed by atoms with E-state index in [0.29, 0.717) is 0 Å². The zero-order valence-electron chi connectivity index (χ0n) is 7.26. The van der Waals surface area contributed by atoms with Crippen molar-refractivity contribution < 1.29 is 5.11 Å². The summed E-state index contributed by atoms with van der Waals surface area (Å²) in [6.07, 6.45) is -0.352. The van der Waals surface area contributed by atoms with Crippen LogP contribution in [0.1, 0.15) is 29.7 Å². The number of rotatable bonds is 1. The minimum Gasteiger partial charge on any atom is -0.389 e. The molecule has 1 heteroatoms. The smallest absolute Gasteiger partial charge is 0.0764 e. The first-order chi connectivity index (χ1) is 5.13. The van der Waals surface area contributed by atoms with Gasteiger partial charge in [-0.15, -0.1) is 0 Å². The molecule has 1 aromatic rings. The van der Waals surface area contributed by atoms with Gasteiger partial charge in [0.05, 0.1) is 6.10 Å². The number of aliphatic hydroxyl groups is 1. The lowest BCUT2D eigenvalue weighted by Crippen LogP contribution is -1.95. The molecule has 1 rings (SSSR count). The van der Waals surface area contributed by atoms with Crippen LogP contribution in [-0.4, -0.2) is 5.11 Å². The molecule has 0 fully saturated rings.